The van der Waals surface area contributed by atoms with Gasteiger partial charge in [-0.15, -0.1) is 0 Å². The number of benzene rings is 1. The molecular weight excluding hydrogens is 468 g/mol. The molecule has 0 spiro atoms. The minimum atomic E-state index is -3.68. The van der Waals surface area contributed by atoms with Gasteiger partial charge in [0.15, 0.2) is 0 Å². The van der Waals surface area contributed by atoms with Crippen LogP contribution in [0.25, 0.3) is 0 Å². The Bertz CT molecular complexity index is 955. The number of sulfonamides is 1. The number of hydrogen-bond acceptors (Lipinski definition) is 7. The van der Waals surface area contributed by atoms with Crippen LogP contribution in [-0.4, -0.2) is 113 Å². The molecule has 0 N–H and O–H groups in total. The van der Waals surface area contributed by atoms with Crippen molar-refractivity contribution in [1.82, 2.24) is 19.0 Å². The van der Waals surface area contributed by atoms with Crippen molar-refractivity contribution in [3.8, 4) is 5.75 Å². The van der Waals surface area contributed by atoms with Crippen LogP contribution in [0.3, 0.4) is 0 Å². The third-order valence-electron chi connectivity index (χ3n) is 7.43. The Balaban J connectivity index is 1.43. The van der Waals surface area contributed by atoms with Crippen LogP contribution in [0.15, 0.2) is 17.0 Å². The Kier molecular flexibility index (Phi) is 9.56. The quantitative estimate of drug-likeness (QED) is 0.445. The van der Waals surface area contributed by atoms with E-state index in [0.29, 0.717) is 22.9 Å². The van der Waals surface area contributed by atoms with Gasteiger partial charge in [0.25, 0.3) is 0 Å². The summed E-state index contributed by atoms with van der Waals surface area (Å²) in [6.07, 6.45) is 4.25. The standard InChI is InChI=1S/C25H42N4O5S/c1-19-15-23(33-6)16-20(2)25(19)35(31,32)27(4)13-14-34-17-24(30)28(5)21-7-9-22(10-8-21)29-12-11-26(3)18-29/h15-16,21-22H,7-14,17-18H2,1-6H3/t21-,22+. The molecule has 2 aliphatic rings. The fourth-order valence-corrected chi connectivity index (χ4v) is 6.79. The lowest BCUT2D eigenvalue weighted by Gasteiger charge is -2.38. The number of rotatable bonds is 10. The number of carbonyl (C=O) groups is 1. The van der Waals surface area contributed by atoms with Crippen molar-refractivity contribution in [3.63, 3.8) is 0 Å². The number of amides is 1. The van der Waals surface area contributed by atoms with Crippen LogP contribution >= 0.6 is 0 Å². The summed E-state index contributed by atoms with van der Waals surface area (Å²) < 4.78 is 38.3. The van der Waals surface area contributed by atoms with Gasteiger partial charge in [0, 0.05) is 45.8 Å². The molecule has 35 heavy (non-hydrogen) atoms. The average molecular weight is 511 g/mol. The number of hydrogen-bond donors (Lipinski definition) is 0. The molecule has 1 saturated heterocycles. The van der Waals surface area contributed by atoms with Crippen molar-refractivity contribution < 1.29 is 22.7 Å². The van der Waals surface area contributed by atoms with E-state index in [1.165, 1.54) is 11.4 Å². The maximum Gasteiger partial charge on any atom is 0.248 e. The monoisotopic (exact) mass is 510 g/mol. The summed E-state index contributed by atoms with van der Waals surface area (Å²) in [6, 6.07) is 4.30. The zero-order valence-electron chi connectivity index (χ0n) is 22.1. The zero-order valence-corrected chi connectivity index (χ0v) is 22.9. The topological polar surface area (TPSA) is 82.6 Å². The number of carbonyl (C=O) groups excluding carboxylic acids is 1. The zero-order chi connectivity index (χ0) is 25.8. The van der Waals surface area contributed by atoms with E-state index >= 15 is 0 Å². The summed E-state index contributed by atoms with van der Waals surface area (Å²) in [7, 11) is 3.43. The molecule has 1 heterocycles. The predicted molar refractivity (Wildman–Crippen MR) is 136 cm³/mol. The van der Waals surface area contributed by atoms with Crippen molar-refractivity contribution in [2.24, 2.45) is 0 Å². The summed E-state index contributed by atoms with van der Waals surface area (Å²) in [6.45, 7) is 7.11. The molecule has 2 fully saturated rings. The minimum Gasteiger partial charge on any atom is -0.497 e. The molecule has 10 heteroatoms. The van der Waals surface area contributed by atoms with E-state index in [9.17, 15) is 13.2 Å². The fourth-order valence-electron chi connectivity index (χ4n) is 5.23. The average Bonchev–Trinajstić information content (AvgIpc) is 3.26. The highest BCUT2D eigenvalue weighted by Crippen LogP contribution is 2.28. The van der Waals surface area contributed by atoms with Crippen molar-refractivity contribution in [1.29, 1.82) is 0 Å². The van der Waals surface area contributed by atoms with E-state index in [-0.39, 0.29) is 36.6 Å². The first-order valence-corrected chi connectivity index (χ1v) is 13.9. The molecule has 1 saturated carbocycles. The summed E-state index contributed by atoms with van der Waals surface area (Å²) in [5.41, 5.74) is 1.27. The number of ether oxygens (including phenoxy) is 2. The molecule has 0 unspecified atom stereocenters. The van der Waals surface area contributed by atoms with Crippen LogP contribution < -0.4 is 4.74 Å². The van der Waals surface area contributed by atoms with Crippen molar-refractivity contribution >= 4 is 15.9 Å². The fraction of sp³-hybridized carbons (Fsp3) is 0.720. The molecule has 198 valence electrons. The third kappa shape index (κ3) is 6.74. The lowest BCUT2D eigenvalue weighted by atomic mass is 9.89. The first-order chi connectivity index (χ1) is 16.5. The normalized spacial score (nSPS) is 22.0. The van der Waals surface area contributed by atoms with Crippen LogP contribution in [0.4, 0.5) is 0 Å². The van der Waals surface area contributed by atoms with E-state index < -0.39 is 10.0 Å². The van der Waals surface area contributed by atoms with Gasteiger partial charge >= 0.3 is 0 Å². The van der Waals surface area contributed by atoms with Crippen molar-refractivity contribution in [2.45, 2.75) is 56.5 Å². The highest BCUT2D eigenvalue weighted by molar-refractivity contribution is 7.89. The molecule has 1 aliphatic carbocycles. The van der Waals surface area contributed by atoms with Gasteiger partial charge < -0.3 is 14.4 Å². The highest BCUT2D eigenvalue weighted by Gasteiger charge is 2.31. The summed E-state index contributed by atoms with van der Waals surface area (Å²) in [4.78, 5) is 19.7. The number of methoxy groups -OCH3 is 1. The molecule has 0 atom stereocenters. The second kappa shape index (κ2) is 12.0. The van der Waals surface area contributed by atoms with Gasteiger partial charge in [-0.3, -0.25) is 14.6 Å². The highest BCUT2D eigenvalue weighted by atomic mass is 32.2. The molecule has 3 rings (SSSR count). The van der Waals surface area contributed by atoms with Crippen LogP contribution in [0.1, 0.15) is 36.8 Å². The minimum absolute atomic E-state index is 0.0399. The number of likely N-dealkylation sites (N-methyl/N-ethyl adjacent to an activating group) is 3. The molecule has 1 aromatic rings. The molecule has 1 aliphatic heterocycles. The molecule has 1 aromatic carbocycles. The van der Waals surface area contributed by atoms with E-state index in [2.05, 4.69) is 16.8 Å². The van der Waals surface area contributed by atoms with Gasteiger partial charge in [-0.1, -0.05) is 0 Å². The number of aryl methyl sites for hydroxylation is 2. The molecule has 1 amide bonds. The Labute approximate surface area is 211 Å². The number of nitrogens with zero attached hydrogens (tertiary/aromatic N) is 4. The molecule has 0 radical (unpaired) electrons. The smallest absolute Gasteiger partial charge is 0.248 e. The molecule has 0 aromatic heterocycles. The third-order valence-corrected chi connectivity index (χ3v) is 9.59. The van der Waals surface area contributed by atoms with Gasteiger partial charge in [0.1, 0.15) is 12.4 Å². The first kappa shape index (κ1) is 27.9. The van der Waals surface area contributed by atoms with Gasteiger partial charge in [-0.25, -0.2) is 8.42 Å². The van der Waals surface area contributed by atoms with Gasteiger partial charge in [0.2, 0.25) is 15.9 Å². The predicted octanol–water partition coefficient (Wildman–Crippen LogP) is 1.92. The lowest BCUT2D eigenvalue weighted by molar-refractivity contribution is -0.137. The van der Waals surface area contributed by atoms with Crippen molar-refractivity contribution in [3.05, 3.63) is 23.3 Å². The Morgan fingerprint density at radius 3 is 2.26 bits per heavy atom. The second-order valence-corrected chi connectivity index (χ2v) is 12.0. The Hall–Kier alpha value is -1.72. The van der Waals surface area contributed by atoms with E-state index in [1.54, 1.807) is 33.1 Å². The lowest BCUT2D eigenvalue weighted by Crippen LogP contribution is -2.45. The summed E-state index contributed by atoms with van der Waals surface area (Å²) in [5, 5.41) is 0. The van der Waals surface area contributed by atoms with Crippen LogP contribution in [-0.2, 0) is 19.6 Å². The van der Waals surface area contributed by atoms with Crippen LogP contribution in [0.2, 0.25) is 0 Å². The van der Waals surface area contributed by atoms with Gasteiger partial charge in [-0.05, 0) is 69.8 Å². The largest absolute Gasteiger partial charge is 0.497 e. The van der Waals surface area contributed by atoms with Gasteiger partial charge in [-0.2, -0.15) is 4.31 Å². The Morgan fingerprint density at radius 1 is 1.09 bits per heavy atom. The molecule has 9 nitrogen and oxygen atoms in total. The Morgan fingerprint density at radius 2 is 1.71 bits per heavy atom. The maximum atomic E-state index is 13.1. The first-order valence-electron chi connectivity index (χ1n) is 12.4. The van der Waals surface area contributed by atoms with E-state index in [4.69, 9.17) is 9.47 Å². The SMILES string of the molecule is COc1cc(C)c(S(=O)(=O)N(C)CCOCC(=O)N(C)[C@H]2CC[C@@H](N3CCN(C)C3)CC2)c(C)c1. The molecular formula is C25H42N4O5S. The van der Waals surface area contributed by atoms with Gasteiger partial charge in [0.05, 0.1) is 25.3 Å². The van der Waals surface area contributed by atoms with Crippen molar-refractivity contribution in [2.75, 3.05) is 67.8 Å². The maximum absolute atomic E-state index is 13.1. The molecule has 0 bridgehead atoms. The summed E-state index contributed by atoms with van der Waals surface area (Å²) >= 11 is 0. The summed E-state index contributed by atoms with van der Waals surface area (Å²) in [5.74, 6) is 0.575. The van der Waals surface area contributed by atoms with E-state index in [0.717, 1.165) is 45.4 Å². The van der Waals surface area contributed by atoms with E-state index in [1.807, 2.05) is 11.9 Å². The second-order valence-electron chi connectivity index (χ2n) is 9.97. The van der Waals surface area contributed by atoms with Crippen LogP contribution in [0, 0.1) is 13.8 Å². The van der Waals surface area contributed by atoms with Crippen LogP contribution in [0.5, 0.6) is 5.75 Å².